The quantitative estimate of drug-likeness (QED) is 0.482. The van der Waals surface area contributed by atoms with Crippen molar-refractivity contribution in [2.24, 2.45) is 0 Å². The third kappa shape index (κ3) is 5.57. The van der Waals surface area contributed by atoms with E-state index >= 15 is 0 Å². The number of esters is 1. The third-order valence-corrected chi connectivity index (χ3v) is 5.74. The molecule has 0 heterocycles. The first-order valence-electron chi connectivity index (χ1n) is 9.25. The zero-order valence-electron chi connectivity index (χ0n) is 17.0. The number of carbonyl (C=O) groups excluding carboxylic acids is 2. The van der Waals surface area contributed by atoms with Gasteiger partial charge in [0.2, 0.25) is 0 Å². The molecule has 7 nitrogen and oxygen atoms in total. The predicted octanol–water partition coefficient (Wildman–Crippen LogP) is 3.10. The Bertz CT molecular complexity index is 996. The summed E-state index contributed by atoms with van der Waals surface area (Å²) in [5.74, 6) is -1.32. The fourth-order valence-electron chi connectivity index (χ4n) is 2.72. The second kappa shape index (κ2) is 9.56. The molecule has 0 unspecified atom stereocenters. The number of ether oxygens (including phenoxy) is 1. The zero-order valence-corrected chi connectivity index (χ0v) is 17.8. The van der Waals surface area contributed by atoms with E-state index in [1.165, 1.54) is 23.1 Å². The molecule has 0 aromatic heterocycles. The molecule has 0 saturated heterocycles. The fraction of sp³-hybridized carbons (Fsp3) is 0.333. The van der Waals surface area contributed by atoms with Crippen molar-refractivity contribution in [3.63, 3.8) is 0 Å². The lowest BCUT2D eigenvalue weighted by Crippen LogP contribution is -2.34. The van der Waals surface area contributed by atoms with Crippen LogP contribution in [-0.2, 0) is 19.6 Å². The number of aryl methyl sites for hydroxylation is 2. The van der Waals surface area contributed by atoms with Crippen LogP contribution in [0.2, 0.25) is 0 Å². The summed E-state index contributed by atoms with van der Waals surface area (Å²) < 4.78 is 35.8. The van der Waals surface area contributed by atoms with Crippen LogP contribution in [0.15, 0.2) is 47.4 Å². The van der Waals surface area contributed by atoms with Crippen molar-refractivity contribution < 1.29 is 26.9 Å². The molecule has 156 valence electrons. The minimum Gasteiger partial charge on any atom is -0.452 e. The van der Waals surface area contributed by atoms with Crippen LogP contribution < -0.4 is 4.18 Å². The minimum absolute atomic E-state index is 0.0254. The van der Waals surface area contributed by atoms with Crippen molar-refractivity contribution in [1.29, 1.82) is 0 Å². The van der Waals surface area contributed by atoms with Crippen molar-refractivity contribution in [3.05, 3.63) is 59.2 Å². The van der Waals surface area contributed by atoms with Crippen LogP contribution in [0.25, 0.3) is 0 Å². The van der Waals surface area contributed by atoms with Gasteiger partial charge in [0.15, 0.2) is 12.4 Å². The standard InChI is InChI=1S/C21H25NO6S/c1-5-22(6-2)20(23)14-27-21(24)17-9-7-8-10-18(17)28-29(25,26)19-13-15(3)11-12-16(19)4/h7-13H,5-6,14H2,1-4H3. The molecule has 2 aromatic carbocycles. The van der Waals surface area contributed by atoms with Gasteiger partial charge in [-0.15, -0.1) is 0 Å². The number of carbonyl (C=O) groups is 2. The van der Waals surface area contributed by atoms with Crippen molar-refractivity contribution in [1.82, 2.24) is 4.90 Å². The van der Waals surface area contributed by atoms with Crippen molar-refractivity contribution in [2.45, 2.75) is 32.6 Å². The van der Waals surface area contributed by atoms with Crippen LogP contribution in [0.4, 0.5) is 0 Å². The van der Waals surface area contributed by atoms with Gasteiger partial charge in [0.25, 0.3) is 5.91 Å². The molecule has 0 bridgehead atoms. The van der Waals surface area contributed by atoms with Gasteiger partial charge in [0.1, 0.15) is 10.5 Å². The summed E-state index contributed by atoms with van der Waals surface area (Å²) in [6.45, 7) is 7.65. The molecule has 8 heteroatoms. The Labute approximate surface area is 171 Å². The molecular formula is C21H25NO6S. The molecule has 2 rings (SSSR count). The van der Waals surface area contributed by atoms with Gasteiger partial charge >= 0.3 is 16.1 Å². The van der Waals surface area contributed by atoms with E-state index in [0.29, 0.717) is 18.7 Å². The van der Waals surface area contributed by atoms with E-state index in [2.05, 4.69) is 0 Å². The summed E-state index contributed by atoms with van der Waals surface area (Å²) in [6.07, 6.45) is 0. The molecule has 1 amide bonds. The third-order valence-electron chi connectivity index (χ3n) is 4.36. The summed E-state index contributed by atoms with van der Waals surface area (Å²) >= 11 is 0. The van der Waals surface area contributed by atoms with Gasteiger partial charge in [-0.25, -0.2) is 4.79 Å². The number of hydrogen-bond donors (Lipinski definition) is 0. The normalized spacial score (nSPS) is 11.0. The summed E-state index contributed by atoms with van der Waals surface area (Å²) in [5.41, 5.74) is 1.22. The second-order valence-corrected chi connectivity index (χ2v) is 7.96. The zero-order chi connectivity index (χ0) is 21.6. The number of para-hydroxylation sites is 1. The van der Waals surface area contributed by atoms with Crippen LogP contribution in [0, 0.1) is 13.8 Å². The number of benzene rings is 2. The predicted molar refractivity (Wildman–Crippen MR) is 108 cm³/mol. The van der Waals surface area contributed by atoms with Crippen LogP contribution in [0.5, 0.6) is 5.75 Å². The molecule has 0 saturated carbocycles. The highest BCUT2D eigenvalue weighted by atomic mass is 32.2. The molecule has 0 aliphatic carbocycles. The number of rotatable bonds is 8. The van der Waals surface area contributed by atoms with Gasteiger partial charge < -0.3 is 13.8 Å². The van der Waals surface area contributed by atoms with Crippen LogP contribution in [0.1, 0.15) is 35.3 Å². The maximum atomic E-state index is 12.7. The van der Waals surface area contributed by atoms with Gasteiger partial charge in [0.05, 0.1) is 0 Å². The number of hydrogen-bond acceptors (Lipinski definition) is 6. The average molecular weight is 419 g/mol. The number of nitrogens with zero attached hydrogens (tertiary/aromatic N) is 1. The Hall–Kier alpha value is -2.87. The smallest absolute Gasteiger partial charge is 0.342 e. The average Bonchev–Trinajstić information content (AvgIpc) is 2.69. The lowest BCUT2D eigenvalue weighted by molar-refractivity contribution is -0.134. The van der Waals surface area contributed by atoms with E-state index in [1.807, 2.05) is 13.8 Å². The van der Waals surface area contributed by atoms with E-state index in [9.17, 15) is 18.0 Å². The maximum absolute atomic E-state index is 12.7. The molecule has 0 spiro atoms. The van der Waals surface area contributed by atoms with Gasteiger partial charge in [-0.3, -0.25) is 4.79 Å². The van der Waals surface area contributed by atoms with E-state index < -0.39 is 22.7 Å². The van der Waals surface area contributed by atoms with Crippen molar-refractivity contribution >= 4 is 22.0 Å². The Morgan fingerprint density at radius 2 is 1.66 bits per heavy atom. The largest absolute Gasteiger partial charge is 0.452 e. The molecule has 0 fully saturated rings. The molecule has 0 radical (unpaired) electrons. The maximum Gasteiger partial charge on any atom is 0.342 e. The summed E-state index contributed by atoms with van der Waals surface area (Å²) in [7, 11) is -4.16. The molecule has 0 aliphatic rings. The Morgan fingerprint density at radius 1 is 1.00 bits per heavy atom. The topological polar surface area (TPSA) is 90.0 Å². The summed E-state index contributed by atoms with van der Waals surface area (Å²) in [5, 5.41) is 0. The van der Waals surface area contributed by atoms with E-state index in [0.717, 1.165) is 5.56 Å². The van der Waals surface area contributed by atoms with E-state index in [-0.39, 0.29) is 22.1 Å². The Morgan fingerprint density at radius 3 is 2.31 bits per heavy atom. The van der Waals surface area contributed by atoms with Gasteiger partial charge in [-0.05, 0) is 57.0 Å². The molecular weight excluding hydrogens is 394 g/mol. The second-order valence-electron chi connectivity index (χ2n) is 6.44. The first-order valence-corrected chi connectivity index (χ1v) is 10.7. The molecule has 2 aromatic rings. The highest BCUT2D eigenvalue weighted by molar-refractivity contribution is 7.87. The summed E-state index contributed by atoms with van der Waals surface area (Å²) in [6, 6.07) is 10.8. The lowest BCUT2D eigenvalue weighted by Gasteiger charge is -2.18. The highest BCUT2D eigenvalue weighted by Crippen LogP contribution is 2.26. The van der Waals surface area contributed by atoms with E-state index in [4.69, 9.17) is 8.92 Å². The lowest BCUT2D eigenvalue weighted by atomic mass is 10.2. The van der Waals surface area contributed by atoms with Crippen molar-refractivity contribution in [3.8, 4) is 5.75 Å². The summed E-state index contributed by atoms with van der Waals surface area (Å²) in [4.78, 5) is 26.0. The Kier molecular flexibility index (Phi) is 7.39. The first-order chi connectivity index (χ1) is 13.7. The van der Waals surface area contributed by atoms with Gasteiger partial charge in [-0.1, -0.05) is 24.3 Å². The first kappa shape index (κ1) is 22.4. The number of likely N-dealkylation sites (N-methyl/N-ethyl adjacent to an activating group) is 1. The fourth-order valence-corrected chi connectivity index (χ4v) is 3.98. The SMILES string of the molecule is CCN(CC)C(=O)COC(=O)c1ccccc1OS(=O)(=O)c1cc(C)ccc1C. The highest BCUT2D eigenvalue weighted by Gasteiger charge is 2.24. The van der Waals surface area contributed by atoms with Gasteiger partial charge in [0, 0.05) is 13.1 Å². The molecule has 0 aliphatic heterocycles. The van der Waals surface area contributed by atoms with Crippen molar-refractivity contribution in [2.75, 3.05) is 19.7 Å². The van der Waals surface area contributed by atoms with Crippen LogP contribution in [0.3, 0.4) is 0 Å². The molecule has 29 heavy (non-hydrogen) atoms. The van der Waals surface area contributed by atoms with Crippen LogP contribution >= 0.6 is 0 Å². The van der Waals surface area contributed by atoms with Gasteiger partial charge in [-0.2, -0.15) is 8.42 Å². The Balaban J connectivity index is 2.23. The molecule has 0 N–H and O–H groups in total. The van der Waals surface area contributed by atoms with E-state index in [1.54, 1.807) is 38.1 Å². The number of amides is 1. The van der Waals surface area contributed by atoms with Crippen LogP contribution in [-0.4, -0.2) is 44.9 Å². The molecule has 0 atom stereocenters. The minimum atomic E-state index is -4.16. The monoisotopic (exact) mass is 419 g/mol.